The van der Waals surface area contributed by atoms with Gasteiger partial charge in [0.1, 0.15) is 4.88 Å². The second kappa shape index (κ2) is 9.19. The molecule has 3 aromatic rings. The number of hydrogen-bond donors (Lipinski definition) is 1. The molecule has 1 N–H and O–H groups in total. The highest BCUT2D eigenvalue weighted by Gasteiger charge is 2.26. The third kappa shape index (κ3) is 4.42. The number of carbonyl (C=O) groups is 1. The molecule has 1 amide bonds. The van der Waals surface area contributed by atoms with E-state index in [1.807, 2.05) is 6.07 Å². The molecule has 7 nitrogen and oxygen atoms in total. The van der Waals surface area contributed by atoms with Crippen LogP contribution in [0.4, 0.5) is 5.69 Å². The number of ether oxygens (including phenoxy) is 2. The molecule has 0 aliphatic carbocycles. The molecule has 0 saturated carbocycles. The fraction of sp³-hybridized carbons (Fsp3) is 0.190. The minimum Gasteiger partial charge on any atom is -0.493 e. The molecule has 0 aliphatic heterocycles. The molecule has 0 atom stereocenters. The summed E-state index contributed by atoms with van der Waals surface area (Å²) in [5.74, 6) is 0.806. The molecule has 2 aromatic carbocycles. The lowest BCUT2D eigenvalue weighted by Gasteiger charge is -2.19. The van der Waals surface area contributed by atoms with Crippen LogP contribution in [0.15, 0.2) is 64.9 Å². The van der Waals surface area contributed by atoms with Crippen LogP contribution >= 0.6 is 11.3 Å². The van der Waals surface area contributed by atoms with Crippen LogP contribution in [0.5, 0.6) is 11.5 Å². The van der Waals surface area contributed by atoms with Crippen molar-refractivity contribution in [1.29, 1.82) is 0 Å². The van der Waals surface area contributed by atoms with E-state index in [9.17, 15) is 13.2 Å². The van der Waals surface area contributed by atoms with Gasteiger partial charge in [-0.3, -0.25) is 9.10 Å². The van der Waals surface area contributed by atoms with Crippen molar-refractivity contribution in [2.45, 2.75) is 11.4 Å². The van der Waals surface area contributed by atoms with Crippen LogP contribution in [0.25, 0.3) is 0 Å². The number of nitrogens with zero attached hydrogens (tertiary/aromatic N) is 1. The predicted molar refractivity (Wildman–Crippen MR) is 117 cm³/mol. The monoisotopic (exact) mass is 446 g/mol. The van der Waals surface area contributed by atoms with Crippen LogP contribution in [0.3, 0.4) is 0 Å². The Morgan fingerprint density at radius 1 is 1.03 bits per heavy atom. The summed E-state index contributed by atoms with van der Waals surface area (Å²) in [5, 5.41) is 4.52. The second-order valence-electron chi connectivity index (χ2n) is 6.29. The zero-order chi connectivity index (χ0) is 21.7. The molecule has 3 rings (SSSR count). The normalized spacial score (nSPS) is 11.0. The zero-order valence-electron chi connectivity index (χ0n) is 16.8. The molecule has 0 radical (unpaired) electrons. The van der Waals surface area contributed by atoms with Crippen LogP contribution in [0.1, 0.15) is 15.2 Å². The number of amides is 1. The van der Waals surface area contributed by atoms with Gasteiger partial charge in [-0.1, -0.05) is 24.3 Å². The predicted octanol–water partition coefficient (Wildman–Crippen LogP) is 3.52. The Hall–Kier alpha value is -3.04. The van der Waals surface area contributed by atoms with Crippen molar-refractivity contribution < 1.29 is 22.7 Å². The maximum atomic E-state index is 12.9. The number of carbonyl (C=O) groups excluding carboxylic acids is 1. The summed E-state index contributed by atoms with van der Waals surface area (Å²) in [7, 11) is 0.764. The zero-order valence-corrected chi connectivity index (χ0v) is 18.4. The number of anilines is 1. The Morgan fingerprint density at radius 3 is 2.40 bits per heavy atom. The highest BCUT2D eigenvalue weighted by molar-refractivity contribution is 7.92. The van der Waals surface area contributed by atoms with Gasteiger partial charge in [0.25, 0.3) is 15.9 Å². The molecule has 0 saturated heterocycles. The van der Waals surface area contributed by atoms with Crippen LogP contribution in [-0.2, 0) is 16.6 Å². The molecule has 0 fully saturated rings. The van der Waals surface area contributed by atoms with Crippen molar-refractivity contribution in [1.82, 2.24) is 5.32 Å². The quantitative estimate of drug-likeness (QED) is 0.572. The maximum absolute atomic E-state index is 12.9. The molecule has 158 valence electrons. The Balaban J connectivity index is 1.77. The van der Waals surface area contributed by atoms with Gasteiger partial charge >= 0.3 is 0 Å². The number of rotatable bonds is 8. The van der Waals surface area contributed by atoms with Crippen molar-refractivity contribution in [3.63, 3.8) is 0 Å². The molecule has 1 aromatic heterocycles. The van der Waals surface area contributed by atoms with Gasteiger partial charge in [0, 0.05) is 13.6 Å². The minimum atomic E-state index is -3.77. The summed E-state index contributed by atoms with van der Waals surface area (Å²) in [6, 6.07) is 15.1. The highest BCUT2D eigenvalue weighted by Crippen LogP contribution is 2.30. The second-order valence-corrected chi connectivity index (χ2v) is 9.18. The Bertz CT molecular complexity index is 1130. The van der Waals surface area contributed by atoms with E-state index in [-0.39, 0.29) is 17.3 Å². The average molecular weight is 447 g/mol. The van der Waals surface area contributed by atoms with E-state index >= 15 is 0 Å². The summed E-state index contributed by atoms with van der Waals surface area (Å²) < 4.78 is 37.4. The smallest absolute Gasteiger partial charge is 0.264 e. The van der Waals surface area contributed by atoms with Crippen molar-refractivity contribution in [2.24, 2.45) is 0 Å². The topological polar surface area (TPSA) is 84.9 Å². The van der Waals surface area contributed by atoms with Crippen LogP contribution < -0.4 is 19.1 Å². The van der Waals surface area contributed by atoms with Crippen molar-refractivity contribution >= 4 is 33.0 Å². The van der Waals surface area contributed by atoms with E-state index < -0.39 is 10.0 Å². The number of thiophene rings is 1. The molecular weight excluding hydrogens is 424 g/mol. The summed E-state index contributed by atoms with van der Waals surface area (Å²) in [5.41, 5.74) is 1.15. The van der Waals surface area contributed by atoms with Gasteiger partial charge in [0.15, 0.2) is 11.5 Å². The molecule has 0 spiro atoms. The van der Waals surface area contributed by atoms with E-state index in [4.69, 9.17) is 9.47 Å². The number of sulfonamides is 1. The number of methoxy groups -OCH3 is 2. The molecule has 9 heteroatoms. The Morgan fingerprint density at radius 2 is 1.73 bits per heavy atom. The van der Waals surface area contributed by atoms with Gasteiger partial charge in [0.05, 0.1) is 24.8 Å². The van der Waals surface area contributed by atoms with Crippen molar-refractivity contribution in [3.05, 3.63) is 70.4 Å². The first-order valence-electron chi connectivity index (χ1n) is 8.99. The average Bonchev–Trinajstić information content (AvgIpc) is 3.27. The molecule has 1 heterocycles. The van der Waals surface area contributed by atoms with Gasteiger partial charge in [-0.2, -0.15) is 0 Å². The minimum absolute atomic E-state index is 0.162. The van der Waals surface area contributed by atoms with Gasteiger partial charge < -0.3 is 14.8 Å². The fourth-order valence-corrected chi connectivity index (χ4v) is 4.98. The van der Waals surface area contributed by atoms with Gasteiger partial charge in [-0.05, 0) is 41.3 Å². The van der Waals surface area contributed by atoms with Crippen molar-refractivity contribution in [3.8, 4) is 11.5 Å². The lowest BCUT2D eigenvalue weighted by Crippen LogP contribution is -2.29. The SMILES string of the molecule is COc1ccc(CNC(=O)c2sccc2N(C)S(=O)(=O)c2ccccc2)cc1OC. The third-order valence-corrected chi connectivity index (χ3v) is 7.18. The third-order valence-electron chi connectivity index (χ3n) is 4.49. The fourth-order valence-electron chi connectivity index (χ4n) is 2.85. The van der Waals surface area contributed by atoms with Crippen LogP contribution in [0.2, 0.25) is 0 Å². The van der Waals surface area contributed by atoms with Crippen LogP contribution in [0, 0.1) is 0 Å². The summed E-state index contributed by atoms with van der Waals surface area (Å²) in [4.78, 5) is 13.2. The highest BCUT2D eigenvalue weighted by atomic mass is 32.2. The lowest BCUT2D eigenvalue weighted by atomic mass is 10.2. The van der Waals surface area contributed by atoms with Gasteiger partial charge in [-0.15, -0.1) is 11.3 Å². The van der Waals surface area contributed by atoms with Gasteiger partial charge in [-0.25, -0.2) is 8.42 Å². The standard InChI is InChI=1S/C21H22N2O5S2/c1-23(30(25,26)16-7-5-4-6-8-16)17-11-12-29-20(17)21(24)22-14-15-9-10-18(27-2)19(13-15)28-3/h4-13H,14H2,1-3H3,(H,22,24). The van der Waals surface area contributed by atoms with E-state index in [0.29, 0.717) is 22.1 Å². The molecular formula is C21H22N2O5S2. The first-order chi connectivity index (χ1) is 14.4. The molecule has 30 heavy (non-hydrogen) atoms. The first-order valence-corrected chi connectivity index (χ1v) is 11.3. The summed E-state index contributed by atoms with van der Waals surface area (Å²) in [6.45, 7) is 0.256. The van der Waals surface area contributed by atoms with E-state index in [1.165, 1.54) is 30.5 Å². The number of hydrogen-bond acceptors (Lipinski definition) is 6. The number of benzene rings is 2. The van der Waals surface area contributed by atoms with Crippen LogP contribution in [-0.4, -0.2) is 35.6 Å². The maximum Gasteiger partial charge on any atom is 0.264 e. The molecule has 0 unspecified atom stereocenters. The summed E-state index contributed by atoms with van der Waals surface area (Å²) >= 11 is 1.18. The largest absolute Gasteiger partial charge is 0.493 e. The summed E-state index contributed by atoms with van der Waals surface area (Å²) in [6.07, 6.45) is 0. The Kier molecular flexibility index (Phi) is 6.63. The lowest BCUT2D eigenvalue weighted by molar-refractivity contribution is 0.0955. The Labute approximate surface area is 179 Å². The first kappa shape index (κ1) is 21.7. The van der Waals surface area contributed by atoms with E-state index in [1.54, 1.807) is 56.0 Å². The molecule has 0 aliphatic rings. The number of nitrogens with one attached hydrogen (secondary N) is 1. The van der Waals surface area contributed by atoms with E-state index in [2.05, 4.69) is 5.32 Å². The van der Waals surface area contributed by atoms with E-state index in [0.717, 1.165) is 9.87 Å². The van der Waals surface area contributed by atoms with Crippen molar-refractivity contribution in [2.75, 3.05) is 25.6 Å². The van der Waals surface area contributed by atoms with Gasteiger partial charge in [0.2, 0.25) is 0 Å². The molecule has 0 bridgehead atoms.